The summed E-state index contributed by atoms with van der Waals surface area (Å²) in [5.74, 6) is 0. The van der Waals surface area contributed by atoms with Crippen LogP contribution in [0.3, 0.4) is 0 Å². The van der Waals surface area contributed by atoms with Crippen LogP contribution < -0.4 is 5.32 Å². The van der Waals surface area contributed by atoms with Crippen LogP contribution in [0.25, 0.3) is 12.2 Å². The monoisotopic (exact) mass is 224 g/mol. The Morgan fingerprint density at radius 3 is 2.18 bits per heavy atom. The van der Waals surface area contributed by atoms with Gasteiger partial charge >= 0.3 is 0 Å². The molecule has 0 unspecified atom stereocenters. The molecule has 0 aliphatic heterocycles. The molecule has 0 aliphatic rings. The van der Waals surface area contributed by atoms with Gasteiger partial charge in [0.15, 0.2) is 0 Å². The maximum absolute atomic E-state index is 4.26. The number of aryl methyl sites for hydroxylation is 1. The molecule has 0 amide bonds. The molecule has 17 heavy (non-hydrogen) atoms. The first-order chi connectivity index (χ1) is 8.28. The SMILES string of the molecule is CNc1ccc(/C=C/c2ccc(C)nc2)cc1. The highest BCUT2D eigenvalue weighted by Gasteiger charge is 1.90. The van der Waals surface area contributed by atoms with Crippen LogP contribution >= 0.6 is 0 Å². The number of rotatable bonds is 3. The number of hydrogen-bond donors (Lipinski definition) is 1. The zero-order valence-corrected chi connectivity index (χ0v) is 10.1. The van der Waals surface area contributed by atoms with Crippen LogP contribution in [0.2, 0.25) is 0 Å². The molecule has 2 heteroatoms. The zero-order valence-electron chi connectivity index (χ0n) is 10.1. The maximum Gasteiger partial charge on any atom is 0.0373 e. The summed E-state index contributed by atoms with van der Waals surface area (Å²) >= 11 is 0. The fraction of sp³-hybridized carbons (Fsp3) is 0.133. The van der Waals surface area contributed by atoms with Crippen LogP contribution in [0.15, 0.2) is 42.6 Å². The highest BCUT2D eigenvalue weighted by atomic mass is 14.8. The van der Waals surface area contributed by atoms with Crippen LogP contribution in [0.1, 0.15) is 16.8 Å². The van der Waals surface area contributed by atoms with Gasteiger partial charge in [0.25, 0.3) is 0 Å². The number of nitrogens with one attached hydrogen (secondary N) is 1. The van der Waals surface area contributed by atoms with Gasteiger partial charge in [-0.05, 0) is 36.2 Å². The van der Waals surface area contributed by atoms with E-state index in [1.54, 1.807) is 0 Å². The van der Waals surface area contributed by atoms with E-state index in [1.165, 1.54) is 5.56 Å². The lowest BCUT2D eigenvalue weighted by molar-refractivity contribution is 1.19. The van der Waals surface area contributed by atoms with Gasteiger partial charge in [0.2, 0.25) is 0 Å². The normalized spacial score (nSPS) is 10.7. The molecule has 0 spiro atoms. The van der Waals surface area contributed by atoms with Crippen molar-refractivity contribution in [1.82, 2.24) is 4.98 Å². The summed E-state index contributed by atoms with van der Waals surface area (Å²) in [5, 5.41) is 3.10. The molecule has 2 rings (SSSR count). The second kappa shape index (κ2) is 5.30. The number of aromatic nitrogens is 1. The maximum atomic E-state index is 4.26. The van der Waals surface area contributed by atoms with E-state index in [4.69, 9.17) is 0 Å². The molecule has 86 valence electrons. The van der Waals surface area contributed by atoms with E-state index in [0.29, 0.717) is 0 Å². The van der Waals surface area contributed by atoms with Crippen molar-refractivity contribution in [3.63, 3.8) is 0 Å². The third kappa shape index (κ3) is 3.18. The van der Waals surface area contributed by atoms with Crippen molar-refractivity contribution in [1.29, 1.82) is 0 Å². The molecule has 1 aromatic carbocycles. The van der Waals surface area contributed by atoms with Crippen LogP contribution in [0.5, 0.6) is 0 Å². The molecule has 1 N–H and O–H groups in total. The first-order valence-electron chi connectivity index (χ1n) is 5.66. The number of pyridine rings is 1. The van der Waals surface area contributed by atoms with Crippen LogP contribution in [0, 0.1) is 6.92 Å². The molecule has 0 fully saturated rings. The van der Waals surface area contributed by atoms with E-state index in [-0.39, 0.29) is 0 Å². The Kier molecular flexibility index (Phi) is 3.55. The number of benzene rings is 1. The van der Waals surface area contributed by atoms with Crippen molar-refractivity contribution in [2.75, 3.05) is 12.4 Å². The first-order valence-corrected chi connectivity index (χ1v) is 5.66. The van der Waals surface area contributed by atoms with Crippen LogP contribution in [-0.4, -0.2) is 12.0 Å². The van der Waals surface area contributed by atoms with Gasteiger partial charge in [-0.3, -0.25) is 4.98 Å². The Bertz CT molecular complexity index is 495. The minimum absolute atomic E-state index is 1.04. The van der Waals surface area contributed by atoms with Gasteiger partial charge in [-0.25, -0.2) is 0 Å². The molecule has 0 saturated carbocycles. The van der Waals surface area contributed by atoms with E-state index in [0.717, 1.165) is 16.9 Å². The summed E-state index contributed by atoms with van der Waals surface area (Å²) in [5.41, 5.74) is 4.47. The summed E-state index contributed by atoms with van der Waals surface area (Å²) in [6, 6.07) is 12.4. The van der Waals surface area contributed by atoms with E-state index < -0.39 is 0 Å². The van der Waals surface area contributed by atoms with Crippen molar-refractivity contribution < 1.29 is 0 Å². The second-order valence-electron chi connectivity index (χ2n) is 3.94. The predicted molar refractivity (Wildman–Crippen MR) is 73.9 cm³/mol. The Hall–Kier alpha value is -2.09. The van der Waals surface area contributed by atoms with Gasteiger partial charge in [-0.15, -0.1) is 0 Å². The fourth-order valence-electron chi connectivity index (χ4n) is 1.53. The Balaban J connectivity index is 2.11. The van der Waals surface area contributed by atoms with Gasteiger partial charge < -0.3 is 5.32 Å². The second-order valence-corrected chi connectivity index (χ2v) is 3.94. The van der Waals surface area contributed by atoms with Gasteiger partial charge in [-0.2, -0.15) is 0 Å². The standard InChI is InChI=1S/C15H16N2/c1-12-3-4-14(11-17-12)6-5-13-7-9-15(16-2)10-8-13/h3-11,16H,1-2H3/b6-5+. The topological polar surface area (TPSA) is 24.9 Å². The number of nitrogens with zero attached hydrogens (tertiary/aromatic N) is 1. The van der Waals surface area contributed by atoms with Gasteiger partial charge in [0, 0.05) is 24.6 Å². The molecular weight excluding hydrogens is 208 g/mol. The molecule has 0 bridgehead atoms. The largest absolute Gasteiger partial charge is 0.388 e. The number of anilines is 1. The molecular formula is C15H16N2. The summed E-state index contributed by atoms with van der Waals surface area (Å²) in [4.78, 5) is 4.26. The summed E-state index contributed by atoms with van der Waals surface area (Å²) in [6.45, 7) is 1.99. The molecule has 0 aliphatic carbocycles. The minimum Gasteiger partial charge on any atom is -0.388 e. The van der Waals surface area contributed by atoms with Crippen LogP contribution in [0.4, 0.5) is 5.69 Å². The zero-order chi connectivity index (χ0) is 12.1. The Morgan fingerprint density at radius 2 is 1.59 bits per heavy atom. The van der Waals surface area contributed by atoms with Gasteiger partial charge in [0.1, 0.15) is 0 Å². The molecule has 2 aromatic rings. The first kappa shape index (κ1) is 11.4. The lowest BCUT2D eigenvalue weighted by Crippen LogP contribution is -1.86. The molecule has 1 heterocycles. The smallest absolute Gasteiger partial charge is 0.0373 e. The van der Waals surface area contributed by atoms with Gasteiger partial charge in [0.05, 0.1) is 0 Å². The lowest BCUT2D eigenvalue weighted by atomic mass is 10.1. The van der Waals surface area contributed by atoms with E-state index in [2.05, 4.69) is 52.8 Å². The van der Waals surface area contributed by atoms with Crippen molar-refractivity contribution in [2.24, 2.45) is 0 Å². The highest BCUT2D eigenvalue weighted by Crippen LogP contribution is 2.11. The Morgan fingerprint density at radius 1 is 0.941 bits per heavy atom. The molecule has 0 radical (unpaired) electrons. The summed E-state index contributed by atoms with van der Waals surface area (Å²) < 4.78 is 0. The van der Waals surface area contributed by atoms with Crippen molar-refractivity contribution >= 4 is 17.8 Å². The lowest BCUT2D eigenvalue weighted by Gasteiger charge is -1.99. The van der Waals surface area contributed by atoms with Crippen LogP contribution in [-0.2, 0) is 0 Å². The van der Waals surface area contributed by atoms with E-state index in [1.807, 2.05) is 26.2 Å². The van der Waals surface area contributed by atoms with Crippen molar-refractivity contribution in [2.45, 2.75) is 6.92 Å². The van der Waals surface area contributed by atoms with Crippen molar-refractivity contribution in [3.05, 3.63) is 59.4 Å². The third-order valence-electron chi connectivity index (χ3n) is 2.60. The third-order valence-corrected chi connectivity index (χ3v) is 2.60. The Labute approximate surface area is 102 Å². The highest BCUT2D eigenvalue weighted by molar-refractivity contribution is 5.70. The molecule has 0 atom stereocenters. The minimum atomic E-state index is 1.04. The number of hydrogen-bond acceptors (Lipinski definition) is 2. The average Bonchev–Trinajstić information content (AvgIpc) is 2.39. The molecule has 0 saturated heterocycles. The van der Waals surface area contributed by atoms with E-state index >= 15 is 0 Å². The van der Waals surface area contributed by atoms with Crippen molar-refractivity contribution in [3.8, 4) is 0 Å². The fourth-order valence-corrected chi connectivity index (χ4v) is 1.53. The van der Waals surface area contributed by atoms with E-state index in [9.17, 15) is 0 Å². The average molecular weight is 224 g/mol. The molecule has 1 aromatic heterocycles. The molecule has 2 nitrogen and oxygen atoms in total. The predicted octanol–water partition coefficient (Wildman–Crippen LogP) is 3.60. The quantitative estimate of drug-likeness (QED) is 0.861. The summed E-state index contributed by atoms with van der Waals surface area (Å²) in [7, 11) is 1.92. The van der Waals surface area contributed by atoms with Gasteiger partial charge in [-0.1, -0.05) is 30.4 Å². The summed E-state index contributed by atoms with van der Waals surface area (Å²) in [6.07, 6.45) is 6.04.